The van der Waals surface area contributed by atoms with Crippen molar-refractivity contribution in [2.24, 2.45) is 0 Å². The predicted molar refractivity (Wildman–Crippen MR) is 126 cm³/mol. The first-order valence-corrected chi connectivity index (χ1v) is 11.0. The van der Waals surface area contributed by atoms with Crippen LogP contribution in [0.15, 0.2) is 52.5 Å². The number of carbonyl (C=O) groups excluding carboxylic acids is 1. The molecule has 0 unspecified atom stereocenters. The largest absolute Gasteiger partial charge is 0.495 e. The second-order valence-corrected chi connectivity index (χ2v) is 8.47. The average Bonchev–Trinajstić information content (AvgIpc) is 3.19. The molecule has 1 amide bonds. The number of hydrogen-bond acceptors (Lipinski definition) is 6. The van der Waals surface area contributed by atoms with E-state index in [1.807, 2.05) is 32.0 Å². The number of nitrogens with one attached hydrogen (secondary N) is 2. The van der Waals surface area contributed by atoms with Crippen LogP contribution in [-0.2, 0) is 4.79 Å². The molecule has 2 N–H and O–H groups in total. The third-order valence-electron chi connectivity index (χ3n) is 5.00. The number of H-pyrrole nitrogens is 1. The first kappa shape index (κ1) is 21.9. The zero-order valence-corrected chi connectivity index (χ0v) is 19.2. The van der Waals surface area contributed by atoms with Crippen LogP contribution in [0.3, 0.4) is 0 Å². The minimum atomic E-state index is -0.314. The van der Waals surface area contributed by atoms with E-state index in [2.05, 4.69) is 20.4 Å². The second kappa shape index (κ2) is 9.05. The topological polar surface area (TPSA) is 102 Å². The number of hydrogen-bond donors (Lipinski definition) is 2. The molecule has 4 aromatic rings. The van der Waals surface area contributed by atoms with Crippen molar-refractivity contribution < 1.29 is 9.53 Å². The maximum atomic E-state index is 12.6. The molecule has 2 aromatic heterocycles. The van der Waals surface area contributed by atoms with Gasteiger partial charge in [0, 0.05) is 5.02 Å². The van der Waals surface area contributed by atoms with Gasteiger partial charge in [0.2, 0.25) is 5.91 Å². The van der Waals surface area contributed by atoms with E-state index >= 15 is 0 Å². The average molecular weight is 470 g/mol. The van der Waals surface area contributed by atoms with Gasteiger partial charge < -0.3 is 15.0 Å². The number of rotatable bonds is 6. The van der Waals surface area contributed by atoms with E-state index in [1.54, 1.807) is 22.9 Å². The number of benzene rings is 2. The van der Waals surface area contributed by atoms with Crippen molar-refractivity contribution in [3.05, 3.63) is 69.1 Å². The number of fused-ring (bicyclic) bond motifs is 1. The number of methoxy groups -OCH3 is 1. The zero-order chi connectivity index (χ0) is 22.8. The summed E-state index contributed by atoms with van der Waals surface area (Å²) < 4.78 is 6.89. The Hall–Kier alpha value is -3.30. The first-order valence-electron chi connectivity index (χ1n) is 9.68. The van der Waals surface area contributed by atoms with Crippen molar-refractivity contribution in [3.8, 4) is 11.4 Å². The van der Waals surface area contributed by atoms with Crippen molar-refractivity contribution in [3.63, 3.8) is 0 Å². The minimum absolute atomic E-state index is 0.0295. The molecule has 0 spiro atoms. The molecular weight excluding hydrogens is 450 g/mol. The van der Waals surface area contributed by atoms with E-state index in [0.29, 0.717) is 32.6 Å². The number of halogens is 1. The molecule has 0 aliphatic rings. The zero-order valence-electron chi connectivity index (χ0n) is 17.6. The summed E-state index contributed by atoms with van der Waals surface area (Å²) in [5.41, 5.74) is 3.59. The lowest BCUT2D eigenvalue weighted by atomic mass is 10.1. The van der Waals surface area contributed by atoms with Crippen LogP contribution in [0.4, 0.5) is 5.69 Å². The van der Waals surface area contributed by atoms with Gasteiger partial charge in [-0.15, -0.1) is 0 Å². The van der Waals surface area contributed by atoms with Gasteiger partial charge in [0.15, 0.2) is 10.8 Å². The Morgan fingerprint density at radius 3 is 2.88 bits per heavy atom. The van der Waals surface area contributed by atoms with E-state index in [9.17, 15) is 9.59 Å². The highest BCUT2D eigenvalue weighted by atomic mass is 35.5. The molecule has 32 heavy (non-hydrogen) atoms. The van der Waals surface area contributed by atoms with Crippen molar-refractivity contribution in [2.75, 3.05) is 18.2 Å². The lowest BCUT2D eigenvalue weighted by Crippen LogP contribution is -2.16. The molecule has 10 heteroatoms. The number of aryl methyl sites for hydroxylation is 1. The molecule has 0 saturated carbocycles. The van der Waals surface area contributed by atoms with Gasteiger partial charge >= 0.3 is 0 Å². The molecule has 4 rings (SSSR count). The standard InChI is InChI=1S/C22H20ClN5O3S/c1-12-5-4-6-17(13(12)2)28-20-15(10-24-28)21(30)27-22(26-20)32-11-19(29)25-16-9-14(23)7-8-18(16)31-3/h4-10H,11H2,1-3H3,(H,25,29)(H,26,27,30). The molecule has 0 aliphatic heterocycles. The summed E-state index contributed by atoms with van der Waals surface area (Å²) in [7, 11) is 1.51. The molecule has 0 radical (unpaired) electrons. The van der Waals surface area contributed by atoms with Crippen LogP contribution in [0.1, 0.15) is 11.1 Å². The Kier molecular flexibility index (Phi) is 6.20. The van der Waals surface area contributed by atoms with E-state index in [-0.39, 0.29) is 17.2 Å². The fourth-order valence-corrected chi connectivity index (χ4v) is 4.03. The molecule has 2 aromatic carbocycles. The number of aromatic amines is 1. The number of ether oxygens (including phenoxy) is 1. The molecular formula is C22H20ClN5O3S. The predicted octanol–water partition coefficient (Wildman–Crippen LogP) is 4.12. The first-order chi connectivity index (χ1) is 15.4. The summed E-state index contributed by atoms with van der Waals surface area (Å²) in [5, 5.41) is 8.31. The molecule has 0 atom stereocenters. The van der Waals surface area contributed by atoms with Crippen molar-refractivity contribution in [2.45, 2.75) is 19.0 Å². The number of amides is 1. The molecule has 0 bridgehead atoms. The van der Waals surface area contributed by atoms with Gasteiger partial charge in [-0.2, -0.15) is 5.10 Å². The smallest absolute Gasteiger partial charge is 0.262 e. The van der Waals surface area contributed by atoms with Crippen LogP contribution in [-0.4, -0.2) is 38.5 Å². The normalized spacial score (nSPS) is 11.0. The van der Waals surface area contributed by atoms with Gasteiger partial charge in [0.05, 0.1) is 30.4 Å². The van der Waals surface area contributed by atoms with Gasteiger partial charge in [-0.1, -0.05) is 35.5 Å². The molecule has 8 nitrogen and oxygen atoms in total. The summed E-state index contributed by atoms with van der Waals surface area (Å²) in [6.45, 7) is 4.01. The van der Waals surface area contributed by atoms with Gasteiger partial charge in [0.1, 0.15) is 11.1 Å². The van der Waals surface area contributed by atoms with Gasteiger partial charge in [0.25, 0.3) is 5.56 Å². The lowest BCUT2D eigenvalue weighted by Gasteiger charge is -2.11. The van der Waals surface area contributed by atoms with E-state index in [4.69, 9.17) is 16.3 Å². The third-order valence-corrected chi connectivity index (χ3v) is 6.10. The van der Waals surface area contributed by atoms with E-state index in [1.165, 1.54) is 13.3 Å². The summed E-state index contributed by atoms with van der Waals surface area (Å²) in [6.07, 6.45) is 1.50. The molecule has 0 saturated heterocycles. The minimum Gasteiger partial charge on any atom is -0.495 e. The number of carbonyl (C=O) groups is 1. The highest BCUT2D eigenvalue weighted by Gasteiger charge is 2.15. The van der Waals surface area contributed by atoms with Crippen molar-refractivity contribution in [1.82, 2.24) is 19.7 Å². The Morgan fingerprint density at radius 2 is 2.09 bits per heavy atom. The highest BCUT2D eigenvalue weighted by molar-refractivity contribution is 7.99. The van der Waals surface area contributed by atoms with Crippen LogP contribution in [0.2, 0.25) is 5.02 Å². The quantitative estimate of drug-likeness (QED) is 0.325. The SMILES string of the molecule is COc1ccc(Cl)cc1NC(=O)CSc1nc2c(cnn2-c2cccc(C)c2C)c(=O)[nH]1. The number of aromatic nitrogens is 4. The highest BCUT2D eigenvalue weighted by Crippen LogP contribution is 2.28. The summed E-state index contributed by atoms with van der Waals surface area (Å²) in [6, 6.07) is 10.8. The lowest BCUT2D eigenvalue weighted by molar-refractivity contribution is -0.113. The molecule has 2 heterocycles. The fraction of sp³-hybridized carbons (Fsp3) is 0.182. The van der Waals surface area contributed by atoms with E-state index in [0.717, 1.165) is 28.6 Å². The third kappa shape index (κ3) is 4.35. The van der Waals surface area contributed by atoms with Crippen LogP contribution >= 0.6 is 23.4 Å². The Morgan fingerprint density at radius 1 is 1.28 bits per heavy atom. The van der Waals surface area contributed by atoms with Gasteiger partial charge in [-0.05, 0) is 49.2 Å². The van der Waals surface area contributed by atoms with Gasteiger partial charge in [-0.25, -0.2) is 9.67 Å². The van der Waals surface area contributed by atoms with Crippen molar-refractivity contribution >= 4 is 46.0 Å². The second-order valence-electron chi connectivity index (χ2n) is 7.07. The van der Waals surface area contributed by atoms with Crippen molar-refractivity contribution in [1.29, 1.82) is 0 Å². The summed E-state index contributed by atoms with van der Waals surface area (Å²) in [5.74, 6) is 0.237. The van der Waals surface area contributed by atoms with E-state index < -0.39 is 0 Å². The van der Waals surface area contributed by atoms with Crippen LogP contribution in [0.25, 0.3) is 16.7 Å². The maximum absolute atomic E-state index is 12.6. The fourth-order valence-electron chi connectivity index (χ4n) is 3.21. The molecule has 0 aliphatic carbocycles. The number of nitrogens with zero attached hydrogens (tertiary/aromatic N) is 3. The Labute approximate surface area is 193 Å². The summed E-state index contributed by atoms with van der Waals surface area (Å²) >= 11 is 7.12. The summed E-state index contributed by atoms with van der Waals surface area (Å²) in [4.78, 5) is 32.3. The van der Waals surface area contributed by atoms with Gasteiger partial charge in [-0.3, -0.25) is 9.59 Å². The molecule has 0 fully saturated rings. The maximum Gasteiger partial charge on any atom is 0.262 e. The number of thioether (sulfide) groups is 1. The number of anilines is 1. The van der Waals surface area contributed by atoms with Crippen LogP contribution < -0.4 is 15.6 Å². The Bertz CT molecular complexity index is 1380. The monoisotopic (exact) mass is 469 g/mol. The molecule has 164 valence electrons. The van der Waals surface area contributed by atoms with Crippen LogP contribution in [0, 0.1) is 13.8 Å². The Balaban J connectivity index is 1.58. The van der Waals surface area contributed by atoms with Crippen LogP contribution in [0.5, 0.6) is 5.75 Å².